The zero-order valence-electron chi connectivity index (χ0n) is 11.4. The minimum absolute atomic E-state index is 0.116. The molecule has 0 aliphatic rings. The Labute approximate surface area is 122 Å². The number of nitriles is 1. The van der Waals surface area contributed by atoms with Gasteiger partial charge in [0.15, 0.2) is 5.82 Å². The predicted molar refractivity (Wildman–Crippen MR) is 79.8 cm³/mol. The summed E-state index contributed by atoms with van der Waals surface area (Å²) in [5.41, 5.74) is 0.637. The van der Waals surface area contributed by atoms with Crippen LogP contribution in [0, 0.1) is 11.3 Å². The maximum absolute atomic E-state index is 12.7. The van der Waals surface area contributed by atoms with Gasteiger partial charge in [0.05, 0.1) is 12.5 Å². The Hall–Kier alpha value is -2.93. The summed E-state index contributed by atoms with van der Waals surface area (Å²) in [6.07, 6.45) is 3.68. The summed E-state index contributed by atoms with van der Waals surface area (Å²) in [7, 11) is 0. The number of carbonyl (C=O) groups is 1. The van der Waals surface area contributed by atoms with E-state index in [-0.39, 0.29) is 5.78 Å². The highest BCUT2D eigenvalue weighted by Crippen LogP contribution is 2.21. The monoisotopic (exact) mass is 275 g/mol. The summed E-state index contributed by atoms with van der Waals surface area (Å²) >= 11 is 0. The molecule has 0 bridgehead atoms. The molecule has 1 aromatic heterocycles. The van der Waals surface area contributed by atoms with Gasteiger partial charge in [-0.2, -0.15) is 5.26 Å². The van der Waals surface area contributed by atoms with Crippen molar-refractivity contribution in [3.63, 3.8) is 0 Å². The Kier molecular flexibility index (Phi) is 3.48. The number of nitrogens with zero attached hydrogens (tertiary/aromatic N) is 3. The van der Waals surface area contributed by atoms with E-state index in [0.717, 1.165) is 10.8 Å². The molecule has 0 N–H and O–H groups in total. The molecular formula is C17H13N3O. The Balaban J connectivity index is 2.06. The molecule has 0 aliphatic carbocycles. The van der Waals surface area contributed by atoms with Gasteiger partial charge in [-0.1, -0.05) is 42.5 Å². The molecule has 0 atom stereocenters. The van der Waals surface area contributed by atoms with Crippen LogP contribution in [-0.4, -0.2) is 15.3 Å². The van der Waals surface area contributed by atoms with Crippen molar-refractivity contribution < 1.29 is 4.79 Å². The lowest BCUT2D eigenvalue weighted by Gasteiger charge is -2.07. The number of rotatable bonds is 4. The van der Waals surface area contributed by atoms with Gasteiger partial charge in [0.2, 0.25) is 5.78 Å². The second-order valence-corrected chi connectivity index (χ2v) is 4.71. The number of benzene rings is 2. The van der Waals surface area contributed by atoms with Crippen LogP contribution < -0.4 is 0 Å². The van der Waals surface area contributed by atoms with Crippen molar-refractivity contribution in [1.82, 2.24) is 9.55 Å². The quantitative estimate of drug-likeness (QED) is 0.687. The number of imidazole rings is 1. The van der Waals surface area contributed by atoms with E-state index < -0.39 is 0 Å². The zero-order chi connectivity index (χ0) is 14.7. The summed E-state index contributed by atoms with van der Waals surface area (Å²) in [5, 5.41) is 10.6. The maximum Gasteiger partial charge on any atom is 0.229 e. The number of carbonyl (C=O) groups excluding carboxylic acids is 1. The molecule has 0 unspecified atom stereocenters. The number of hydrogen-bond acceptors (Lipinski definition) is 3. The molecule has 0 amide bonds. The van der Waals surface area contributed by atoms with Crippen molar-refractivity contribution in [2.75, 3.05) is 0 Å². The molecule has 0 fully saturated rings. The first-order valence-electron chi connectivity index (χ1n) is 6.72. The molecule has 0 aliphatic heterocycles. The van der Waals surface area contributed by atoms with E-state index in [4.69, 9.17) is 5.26 Å². The van der Waals surface area contributed by atoms with E-state index in [1.54, 1.807) is 17.0 Å². The predicted octanol–water partition coefficient (Wildman–Crippen LogP) is 3.18. The average Bonchev–Trinajstić information content (AvgIpc) is 3.00. The topological polar surface area (TPSA) is 58.7 Å². The van der Waals surface area contributed by atoms with E-state index in [2.05, 4.69) is 11.1 Å². The molecule has 4 heteroatoms. The van der Waals surface area contributed by atoms with E-state index in [9.17, 15) is 4.79 Å². The van der Waals surface area contributed by atoms with Crippen LogP contribution in [0.15, 0.2) is 54.9 Å². The van der Waals surface area contributed by atoms with Gasteiger partial charge in [0, 0.05) is 24.5 Å². The molecule has 0 radical (unpaired) electrons. The minimum atomic E-state index is -0.116. The molecule has 3 aromatic rings. The highest BCUT2D eigenvalue weighted by molar-refractivity contribution is 6.14. The lowest BCUT2D eigenvalue weighted by molar-refractivity contribution is 0.102. The molecule has 102 valence electrons. The number of ketones is 1. The standard InChI is InChI=1S/C17H13N3O/c18-9-4-11-20-12-10-19-17(20)16(21)15-8-3-6-13-5-1-2-7-14(13)15/h1-3,5-8,10,12H,4,11H2. The van der Waals surface area contributed by atoms with Gasteiger partial charge in [-0.25, -0.2) is 4.98 Å². The molecule has 1 heterocycles. The SMILES string of the molecule is N#CCCn1ccnc1C(=O)c1cccc2ccccc12. The van der Waals surface area contributed by atoms with Crippen molar-refractivity contribution in [1.29, 1.82) is 5.26 Å². The van der Waals surface area contributed by atoms with Gasteiger partial charge < -0.3 is 4.57 Å². The molecule has 0 spiro atoms. The number of fused-ring (bicyclic) bond motifs is 1. The third kappa shape index (κ3) is 2.41. The third-order valence-corrected chi connectivity index (χ3v) is 3.42. The number of aryl methyl sites for hydroxylation is 1. The van der Waals surface area contributed by atoms with Crippen molar-refractivity contribution in [3.05, 3.63) is 66.2 Å². The third-order valence-electron chi connectivity index (χ3n) is 3.42. The largest absolute Gasteiger partial charge is 0.327 e. The molecule has 3 rings (SSSR count). The van der Waals surface area contributed by atoms with Gasteiger partial charge in [-0.3, -0.25) is 4.79 Å². The fourth-order valence-electron chi connectivity index (χ4n) is 2.41. The molecule has 0 saturated carbocycles. The van der Waals surface area contributed by atoms with Crippen LogP contribution in [0.5, 0.6) is 0 Å². The normalized spacial score (nSPS) is 10.4. The molecular weight excluding hydrogens is 262 g/mol. The summed E-state index contributed by atoms with van der Waals surface area (Å²) in [4.78, 5) is 16.9. The fraction of sp³-hybridized carbons (Fsp3) is 0.118. The maximum atomic E-state index is 12.7. The van der Waals surface area contributed by atoms with Gasteiger partial charge in [0.1, 0.15) is 0 Å². The smallest absolute Gasteiger partial charge is 0.229 e. The van der Waals surface area contributed by atoms with Crippen molar-refractivity contribution >= 4 is 16.6 Å². The summed E-state index contributed by atoms with van der Waals surface area (Å²) in [6.45, 7) is 0.475. The summed E-state index contributed by atoms with van der Waals surface area (Å²) < 4.78 is 1.73. The van der Waals surface area contributed by atoms with Crippen LogP contribution in [0.25, 0.3) is 10.8 Å². The Morgan fingerprint density at radius 2 is 2.00 bits per heavy atom. The molecule has 2 aromatic carbocycles. The van der Waals surface area contributed by atoms with Crippen molar-refractivity contribution in [3.8, 4) is 6.07 Å². The molecule has 4 nitrogen and oxygen atoms in total. The fourth-order valence-corrected chi connectivity index (χ4v) is 2.41. The van der Waals surface area contributed by atoms with Crippen LogP contribution in [0.4, 0.5) is 0 Å². The van der Waals surface area contributed by atoms with E-state index in [1.807, 2.05) is 42.5 Å². The lowest BCUT2D eigenvalue weighted by atomic mass is 10.0. The Bertz CT molecular complexity index is 837. The van der Waals surface area contributed by atoms with E-state index in [1.165, 1.54) is 0 Å². The zero-order valence-corrected chi connectivity index (χ0v) is 11.4. The first kappa shape index (κ1) is 13.1. The van der Waals surface area contributed by atoms with Crippen LogP contribution in [0.1, 0.15) is 22.6 Å². The van der Waals surface area contributed by atoms with Crippen molar-refractivity contribution in [2.45, 2.75) is 13.0 Å². The van der Waals surface area contributed by atoms with Crippen LogP contribution in [0.2, 0.25) is 0 Å². The second-order valence-electron chi connectivity index (χ2n) is 4.71. The first-order chi connectivity index (χ1) is 10.3. The van der Waals surface area contributed by atoms with Crippen LogP contribution in [-0.2, 0) is 6.54 Å². The van der Waals surface area contributed by atoms with Crippen LogP contribution in [0.3, 0.4) is 0 Å². The number of aromatic nitrogens is 2. The van der Waals surface area contributed by atoms with Crippen molar-refractivity contribution in [2.24, 2.45) is 0 Å². The minimum Gasteiger partial charge on any atom is -0.327 e. The first-order valence-corrected chi connectivity index (χ1v) is 6.72. The Morgan fingerprint density at radius 1 is 1.19 bits per heavy atom. The highest BCUT2D eigenvalue weighted by Gasteiger charge is 2.17. The van der Waals surface area contributed by atoms with E-state index in [0.29, 0.717) is 24.4 Å². The number of hydrogen-bond donors (Lipinski definition) is 0. The molecule has 0 saturated heterocycles. The lowest BCUT2D eigenvalue weighted by Crippen LogP contribution is -2.11. The van der Waals surface area contributed by atoms with Gasteiger partial charge in [-0.05, 0) is 10.8 Å². The second kappa shape index (κ2) is 5.59. The van der Waals surface area contributed by atoms with Gasteiger partial charge in [-0.15, -0.1) is 0 Å². The summed E-state index contributed by atoms with van der Waals surface area (Å²) in [6, 6.07) is 15.5. The average molecular weight is 275 g/mol. The van der Waals surface area contributed by atoms with Crippen LogP contribution >= 0.6 is 0 Å². The van der Waals surface area contributed by atoms with Gasteiger partial charge in [0.25, 0.3) is 0 Å². The summed E-state index contributed by atoms with van der Waals surface area (Å²) in [5.74, 6) is 0.261. The van der Waals surface area contributed by atoms with E-state index >= 15 is 0 Å². The highest BCUT2D eigenvalue weighted by atomic mass is 16.1. The van der Waals surface area contributed by atoms with Gasteiger partial charge >= 0.3 is 0 Å². The Morgan fingerprint density at radius 3 is 2.86 bits per heavy atom. The molecule has 21 heavy (non-hydrogen) atoms.